The Morgan fingerprint density at radius 2 is 1.90 bits per heavy atom. The van der Waals surface area contributed by atoms with Crippen molar-refractivity contribution in [2.75, 3.05) is 0 Å². The summed E-state index contributed by atoms with van der Waals surface area (Å²) >= 11 is 0. The molecule has 3 heteroatoms. The molecular formula is C7H8FNO. The quantitative estimate of drug-likeness (QED) is 0.608. The van der Waals surface area contributed by atoms with E-state index in [4.69, 9.17) is 5.21 Å². The van der Waals surface area contributed by atoms with E-state index in [0.29, 0.717) is 6.54 Å². The van der Waals surface area contributed by atoms with Crippen molar-refractivity contribution < 1.29 is 9.60 Å². The Kier molecular flexibility index (Phi) is 2.36. The molecule has 0 aliphatic rings. The van der Waals surface area contributed by atoms with E-state index in [2.05, 4.69) is 0 Å². The second-order valence-electron chi connectivity index (χ2n) is 1.96. The predicted molar refractivity (Wildman–Crippen MR) is 35.0 cm³/mol. The summed E-state index contributed by atoms with van der Waals surface area (Å²) < 4.78 is 12.2. The van der Waals surface area contributed by atoms with E-state index in [1.807, 2.05) is 5.48 Å². The Morgan fingerprint density at radius 3 is 2.40 bits per heavy atom. The summed E-state index contributed by atoms with van der Waals surface area (Å²) in [5.74, 6) is -0.262. The molecule has 0 aromatic heterocycles. The van der Waals surface area contributed by atoms with Crippen LogP contribution in [-0.4, -0.2) is 5.21 Å². The van der Waals surface area contributed by atoms with Crippen molar-refractivity contribution in [3.8, 4) is 0 Å². The van der Waals surface area contributed by atoms with Crippen LogP contribution in [0.25, 0.3) is 0 Å². The largest absolute Gasteiger partial charge is 0.316 e. The fourth-order valence-corrected chi connectivity index (χ4v) is 0.694. The molecule has 0 spiro atoms. The minimum absolute atomic E-state index is 0.262. The van der Waals surface area contributed by atoms with Gasteiger partial charge in [-0.25, -0.2) is 9.87 Å². The lowest BCUT2D eigenvalue weighted by molar-refractivity contribution is 0.161. The summed E-state index contributed by atoms with van der Waals surface area (Å²) in [6.45, 7) is 0.347. The average Bonchev–Trinajstić information content (AvgIpc) is 1.95. The maximum atomic E-state index is 12.2. The molecule has 0 radical (unpaired) electrons. The Labute approximate surface area is 58.3 Å². The van der Waals surface area contributed by atoms with Gasteiger partial charge in [0.2, 0.25) is 0 Å². The molecule has 1 aromatic carbocycles. The Bertz CT molecular complexity index is 197. The topological polar surface area (TPSA) is 32.3 Å². The summed E-state index contributed by atoms with van der Waals surface area (Å²) in [5.41, 5.74) is 2.83. The van der Waals surface area contributed by atoms with Crippen LogP contribution in [0.15, 0.2) is 24.3 Å². The summed E-state index contributed by atoms with van der Waals surface area (Å²) in [6.07, 6.45) is 0. The number of rotatable bonds is 2. The van der Waals surface area contributed by atoms with E-state index >= 15 is 0 Å². The van der Waals surface area contributed by atoms with E-state index < -0.39 is 0 Å². The molecule has 1 aromatic rings. The Hall–Kier alpha value is -0.930. The van der Waals surface area contributed by atoms with Crippen LogP contribution in [0.5, 0.6) is 0 Å². The van der Waals surface area contributed by atoms with E-state index in [1.54, 1.807) is 12.1 Å². The standard InChI is InChI=1S/C7H8FNO/c8-7-3-1-6(2-4-7)5-9-10/h1-4,9-10H,5H2. The highest BCUT2D eigenvalue weighted by molar-refractivity contribution is 5.15. The van der Waals surface area contributed by atoms with Gasteiger partial charge in [-0.05, 0) is 17.7 Å². The maximum Gasteiger partial charge on any atom is 0.123 e. The predicted octanol–water partition coefficient (Wildman–Crippen LogP) is 1.30. The van der Waals surface area contributed by atoms with Crippen molar-refractivity contribution >= 4 is 0 Å². The minimum Gasteiger partial charge on any atom is -0.316 e. The second kappa shape index (κ2) is 3.29. The van der Waals surface area contributed by atoms with Crippen LogP contribution in [-0.2, 0) is 6.54 Å². The molecule has 54 valence electrons. The molecule has 0 atom stereocenters. The van der Waals surface area contributed by atoms with Crippen molar-refractivity contribution in [2.45, 2.75) is 6.54 Å². The van der Waals surface area contributed by atoms with Gasteiger partial charge in [0.1, 0.15) is 5.82 Å². The zero-order chi connectivity index (χ0) is 7.40. The highest BCUT2D eigenvalue weighted by Gasteiger charge is 1.90. The molecular weight excluding hydrogens is 133 g/mol. The van der Waals surface area contributed by atoms with E-state index in [-0.39, 0.29) is 5.82 Å². The van der Waals surface area contributed by atoms with Gasteiger partial charge in [0.05, 0.1) is 0 Å². The molecule has 2 nitrogen and oxygen atoms in total. The van der Waals surface area contributed by atoms with E-state index in [1.165, 1.54) is 12.1 Å². The zero-order valence-electron chi connectivity index (χ0n) is 5.34. The first kappa shape index (κ1) is 7.18. The summed E-state index contributed by atoms with van der Waals surface area (Å²) in [6, 6.07) is 5.93. The normalized spacial score (nSPS) is 9.80. The van der Waals surface area contributed by atoms with Crippen molar-refractivity contribution in [2.24, 2.45) is 0 Å². The molecule has 0 saturated heterocycles. The maximum absolute atomic E-state index is 12.2. The van der Waals surface area contributed by atoms with E-state index in [9.17, 15) is 4.39 Å². The Balaban J connectivity index is 2.69. The third-order valence-electron chi connectivity index (χ3n) is 1.20. The minimum atomic E-state index is -0.262. The van der Waals surface area contributed by atoms with Crippen molar-refractivity contribution in [1.82, 2.24) is 5.48 Å². The number of benzene rings is 1. The average molecular weight is 141 g/mol. The van der Waals surface area contributed by atoms with Gasteiger partial charge in [0.15, 0.2) is 0 Å². The molecule has 0 saturated carbocycles. The lowest BCUT2D eigenvalue weighted by Crippen LogP contribution is -2.05. The highest BCUT2D eigenvalue weighted by Crippen LogP contribution is 2.01. The molecule has 0 aliphatic carbocycles. The van der Waals surface area contributed by atoms with Crippen LogP contribution < -0.4 is 5.48 Å². The number of nitrogens with one attached hydrogen (secondary N) is 1. The first-order chi connectivity index (χ1) is 4.83. The number of hydroxylamine groups is 1. The summed E-state index contributed by atoms with van der Waals surface area (Å²) in [5, 5.41) is 8.25. The van der Waals surface area contributed by atoms with Gasteiger partial charge < -0.3 is 5.21 Å². The van der Waals surface area contributed by atoms with Gasteiger partial charge in [-0.15, -0.1) is 0 Å². The molecule has 0 bridgehead atoms. The van der Waals surface area contributed by atoms with Gasteiger partial charge in [-0.1, -0.05) is 12.1 Å². The van der Waals surface area contributed by atoms with Gasteiger partial charge >= 0.3 is 0 Å². The first-order valence-corrected chi connectivity index (χ1v) is 2.94. The second-order valence-corrected chi connectivity index (χ2v) is 1.96. The molecule has 0 heterocycles. The molecule has 10 heavy (non-hydrogen) atoms. The number of halogens is 1. The molecule has 0 aliphatic heterocycles. The zero-order valence-corrected chi connectivity index (χ0v) is 5.34. The van der Waals surface area contributed by atoms with Crippen LogP contribution in [0.1, 0.15) is 5.56 Å². The lowest BCUT2D eigenvalue weighted by Gasteiger charge is -1.96. The first-order valence-electron chi connectivity index (χ1n) is 2.94. The van der Waals surface area contributed by atoms with Crippen LogP contribution in [0.4, 0.5) is 4.39 Å². The summed E-state index contributed by atoms with van der Waals surface area (Å²) in [7, 11) is 0. The van der Waals surface area contributed by atoms with Crippen LogP contribution >= 0.6 is 0 Å². The van der Waals surface area contributed by atoms with E-state index in [0.717, 1.165) is 5.56 Å². The summed E-state index contributed by atoms with van der Waals surface area (Å²) in [4.78, 5) is 0. The lowest BCUT2D eigenvalue weighted by atomic mass is 10.2. The van der Waals surface area contributed by atoms with Crippen LogP contribution in [0.2, 0.25) is 0 Å². The third-order valence-corrected chi connectivity index (χ3v) is 1.20. The molecule has 1 rings (SSSR count). The molecule has 0 unspecified atom stereocenters. The van der Waals surface area contributed by atoms with Crippen molar-refractivity contribution in [3.05, 3.63) is 35.6 Å². The van der Waals surface area contributed by atoms with Crippen LogP contribution in [0, 0.1) is 5.82 Å². The third kappa shape index (κ3) is 1.79. The molecule has 0 amide bonds. The molecule has 2 N–H and O–H groups in total. The van der Waals surface area contributed by atoms with Gasteiger partial charge in [0, 0.05) is 6.54 Å². The van der Waals surface area contributed by atoms with Gasteiger partial charge in [0.25, 0.3) is 0 Å². The monoisotopic (exact) mass is 141 g/mol. The van der Waals surface area contributed by atoms with Crippen LogP contribution in [0.3, 0.4) is 0 Å². The smallest absolute Gasteiger partial charge is 0.123 e. The fraction of sp³-hybridized carbons (Fsp3) is 0.143. The van der Waals surface area contributed by atoms with Gasteiger partial charge in [-0.2, -0.15) is 0 Å². The SMILES string of the molecule is ONCc1ccc(F)cc1. The van der Waals surface area contributed by atoms with Crippen molar-refractivity contribution in [1.29, 1.82) is 0 Å². The van der Waals surface area contributed by atoms with Crippen molar-refractivity contribution in [3.63, 3.8) is 0 Å². The number of hydrogen-bond acceptors (Lipinski definition) is 2. The number of hydrogen-bond donors (Lipinski definition) is 2. The highest BCUT2D eigenvalue weighted by atomic mass is 19.1. The Morgan fingerprint density at radius 1 is 1.30 bits per heavy atom. The fourth-order valence-electron chi connectivity index (χ4n) is 0.694. The molecule has 0 fully saturated rings. The van der Waals surface area contributed by atoms with Gasteiger partial charge in [-0.3, -0.25) is 0 Å².